The smallest absolute Gasteiger partial charge is 0.332 e. The van der Waals surface area contributed by atoms with Crippen molar-refractivity contribution in [3.05, 3.63) is 26.6 Å². The number of halogens is 1. The van der Waals surface area contributed by atoms with Crippen molar-refractivity contribution < 1.29 is 14.1 Å². The minimum Gasteiger partial charge on any atom is -0.453 e. The van der Waals surface area contributed by atoms with E-state index in [2.05, 4.69) is 20.3 Å². The number of carbonyl (C=O) groups excluding carboxylic acids is 1. The molecule has 0 saturated carbocycles. The minimum atomic E-state index is -0.662. The summed E-state index contributed by atoms with van der Waals surface area (Å²) in [6.45, 7) is 1.21. The van der Waals surface area contributed by atoms with Crippen LogP contribution in [-0.4, -0.2) is 10.7 Å². The van der Waals surface area contributed by atoms with Crippen molar-refractivity contribution in [1.82, 2.24) is 0 Å². The lowest BCUT2D eigenvalue weighted by molar-refractivity contribution is -0.386. The number of nitro groups is 1. The largest absolute Gasteiger partial charge is 0.453 e. The zero-order valence-corrected chi connectivity index (χ0v) is 7.62. The lowest BCUT2D eigenvalue weighted by Gasteiger charge is -1.88. The van der Waals surface area contributed by atoms with Crippen molar-refractivity contribution in [2.45, 2.75) is 6.92 Å². The van der Waals surface area contributed by atoms with E-state index in [0.29, 0.717) is 0 Å². The summed E-state index contributed by atoms with van der Waals surface area (Å²) in [5, 5.41) is 10.4. The van der Waals surface area contributed by atoms with Gasteiger partial charge in [0.1, 0.15) is 10.7 Å². The van der Waals surface area contributed by atoms with Gasteiger partial charge in [0.15, 0.2) is 0 Å². The normalized spacial score (nSPS) is 9.83. The second kappa shape index (κ2) is 3.06. The third kappa shape index (κ3) is 1.38. The molecule has 0 saturated heterocycles. The number of carbonyl (C=O) groups is 1. The summed E-state index contributed by atoms with van der Waals surface area (Å²) in [5.41, 5.74) is -0.317. The van der Waals surface area contributed by atoms with Crippen molar-refractivity contribution in [2.75, 3.05) is 0 Å². The second-order valence-electron chi connectivity index (χ2n) is 2.07. The predicted molar refractivity (Wildman–Crippen MR) is 43.1 cm³/mol. The Bertz CT molecular complexity index is 343. The van der Waals surface area contributed by atoms with Gasteiger partial charge >= 0.3 is 5.69 Å². The van der Waals surface area contributed by atoms with Crippen molar-refractivity contribution in [2.24, 2.45) is 0 Å². The highest BCUT2D eigenvalue weighted by Crippen LogP contribution is 2.30. The van der Waals surface area contributed by atoms with Gasteiger partial charge in [0, 0.05) is 6.92 Å². The molecule has 12 heavy (non-hydrogen) atoms. The van der Waals surface area contributed by atoms with Gasteiger partial charge in [-0.1, -0.05) is 0 Å². The Hall–Kier alpha value is -1.17. The maximum atomic E-state index is 10.8. The zero-order chi connectivity index (χ0) is 9.30. The van der Waals surface area contributed by atoms with Crippen LogP contribution in [0, 0.1) is 10.1 Å². The van der Waals surface area contributed by atoms with E-state index < -0.39 is 10.7 Å². The summed E-state index contributed by atoms with van der Waals surface area (Å²) in [4.78, 5) is 20.5. The van der Waals surface area contributed by atoms with E-state index in [-0.39, 0.29) is 15.9 Å². The SMILES string of the molecule is CC(=O)c1occ(Br)c1[N+](=O)[O-]. The number of hydrogen-bond donors (Lipinski definition) is 0. The lowest BCUT2D eigenvalue weighted by Crippen LogP contribution is -1.96. The molecule has 0 atom stereocenters. The van der Waals surface area contributed by atoms with Crippen LogP contribution in [0.4, 0.5) is 5.69 Å². The molecule has 5 nitrogen and oxygen atoms in total. The van der Waals surface area contributed by atoms with Crippen molar-refractivity contribution in [1.29, 1.82) is 0 Å². The molecule has 0 amide bonds. The Labute approximate surface area is 75.6 Å². The molecule has 64 valence electrons. The maximum Gasteiger partial charge on any atom is 0.332 e. The van der Waals surface area contributed by atoms with Crippen LogP contribution in [0.5, 0.6) is 0 Å². The highest BCUT2D eigenvalue weighted by molar-refractivity contribution is 9.10. The Morgan fingerprint density at radius 1 is 1.75 bits per heavy atom. The molecule has 6 heteroatoms. The van der Waals surface area contributed by atoms with Crippen LogP contribution in [-0.2, 0) is 0 Å². The third-order valence-electron chi connectivity index (χ3n) is 1.22. The molecule has 0 aromatic carbocycles. The molecule has 0 radical (unpaired) electrons. The molecule has 0 spiro atoms. The summed E-state index contributed by atoms with van der Waals surface area (Å²) in [6.07, 6.45) is 1.12. The molecule has 1 heterocycles. The zero-order valence-electron chi connectivity index (χ0n) is 6.04. The van der Waals surface area contributed by atoms with Crippen LogP contribution < -0.4 is 0 Å². The molecule has 0 N–H and O–H groups in total. The molecule has 0 aliphatic rings. The highest BCUT2D eigenvalue weighted by Gasteiger charge is 2.25. The van der Waals surface area contributed by atoms with Crippen molar-refractivity contribution >= 4 is 27.4 Å². The van der Waals surface area contributed by atoms with Crippen LogP contribution in [0.2, 0.25) is 0 Å². The average molecular weight is 234 g/mol. The van der Waals surface area contributed by atoms with Gasteiger partial charge < -0.3 is 4.42 Å². The molecule has 1 aromatic heterocycles. The third-order valence-corrected chi connectivity index (χ3v) is 1.79. The van der Waals surface area contributed by atoms with Gasteiger partial charge in [-0.2, -0.15) is 0 Å². The molecule has 0 bridgehead atoms. The average Bonchev–Trinajstić information content (AvgIpc) is 2.30. The lowest BCUT2D eigenvalue weighted by atomic mass is 10.3. The summed E-state index contributed by atoms with van der Waals surface area (Å²) in [7, 11) is 0. The number of nitrogens with zero attached hydrogens (tertiary/aromatic N) is 1. The topological polar surface area (TPSA) is 73.3 Å². The summed E-state index contributed by atoms with van der Waals surface area (Å²) >= 11 is 2.90. The van der Waals surface area contributed by atoms with E-state index in [9.17, 15) is 14.9 Å². The van der Waals surface area contributed by atoms with E-state index in [1.54, 1.807) is 0 Å². The summed E-state index contributed by atoms with van der Waals surface area (Å²) in [5.74, 6) is -0.695. The van der Waals surface area contributed by atoms with Crippen LogP contribution in [0.3, 0.4) is 0 Å². The van der Waals surface area contributed by atoms with Crippen molar-refractivity contribution in [3.63, 3.8) is 0 Å². The molecular weight excluding hydrogens is 230 g/mol. The first-order chi connectivity index (χ1) is 5.54. The first-order valence-corrected chi connectivity index (χ1v) is 3.75. The van der Waals surface area contributed by atoms with Crippen molar-refractivity contribution in [3.8, 4) is 0 Å². The number of ketones is 1. The standard InChI is InChI=1S/C6H4BrNO4/c1-3(9)6-5(8(10)11)4(7)2-12-6/h2H,1H3. The van der Waals surface area contributed by atoms with Crippen LogP contribution in [0.15, 0.2) is 15.2 Å². The van der Waals surface area contributed by atoms with Gasteiger partial charge in [-0.15, -0.1) is 0 Å². The quantitative estimate of drug-likeness (QED) is 0.446. The van der Waals surface area contributed by atoms with Crippen LogP contribution >= 0.6 is 15.9 Å². The number of furan rings is 1. The summed E-state index contributed by atoms with van der Waals surface area (Å²) < 4.78 is 4.86. The van der Waals surface area contributed by atoms with Crippen LogP contribution in [0.25, 0.3) is 0 Å². The Kier molecular flexibility index (Phi) is 2.27. The van der Waals surface area contributed by atoms with Gasteiger partial charge in [0.05, 0.1) is 4.92 Å². The van der Waals surface area contributed by atoms with E-state index in [1.807, 2.05) is 0 Å². The van der Waals surface area contributed by atoms with E-state index in [0.717, 1.165) is 6.26 Å². The molecule has 1 rings (SSSR count). The van der Waals surface area contributed by atoms with Gasteiger partial charge in [0.25, 0.3) is 0 Å². The molecule has 0 aliphatic heterocycles. The summed E-state index contributed by atoms with van der Waals surface area (Å²) in [6, 6.07) is 0. The first kappa shape index (κ1) is 8.92. The second-order valence-corrected chi connectivity index (χ2v) is 2.93. The predicted octanol–water partition coefficient (Wildman–Crippen LogP) is 2.15. The fourth-order valence-electron chi connectivity index (χ4n) is 0.751. The Morgan fingerprint density at radius 3 is 2.67 bits per heavy atom. The maximum absolute atomic E-state index is 10.8. The first-order valence-electron chi connectivity index (χ1n) is 2.96. The van der Waals surface area contributed by atoms with E-state index in [1.165, 1.54) is 6.92 Å². The van der Waals surface area contributed by atoms with E-state index >= 15 is 0 Å². The molecule has 0 aliphatic carbocycles. The number of rotatable bonds is 2. The molecule has 0 unspecified atom stereocenters. The van der Waals surface area contributed by atoms with Crippen LogP contribution in [0.1, 0.15) is 17.5 Å². The Balaban J connectivity index is 3.31. The monoisotopic (exact) mass is 233 g/mol. The fraction of sp³-hybridized carbons (Fsp3) is 0.167. The van der Waals surface area contributed by atoms with Gasteiger partial charge in [-0.05, 0) is 15.9 Å². The highest BCUT2D eigenvalue weighted by atomic mass is 79.9. The Morgan fingerprint density at radius 2 is 2.33 bits per heavy atom. The van der Waals surface area contributed by atoms with Gasteiger partial charge in [0.2, 0.25) is 11.5 Å². The number of Topliss-reactive ketones (excluding diaryl/α,β-unsaturated/α-hetero) is 1. The molecular formula is C6H4BrNO4. The van der Waals surface area contributed by atoms with Gasteiger partial charge in [-0.25, -0.2) is 0 Å². The molecule has 0 fully saturated rings. The van der Waals surface area contributed by atoms with Gasteiger partial charge in [-0.3, -0.25) is 14.9 Å². The molecule has 1 aromatic rings. The minimum absolute atomic E-state index is 0.178. The van der Waals surface area contributed by atoms with E-state index in [4.69, 9.17) is 0 Å². The fourth-order valence-corrected chi connectivity index (χ4v) is 1.17. The number of hydrogen-bond acceptors (Lipinski definition) is 4.